The molecular weight excluding hydrogens is 293 g/mol. The van der Waals surface area contributed by atoms with Crippen molar-refractivity contribution in [2.75, 3.05) is 26.2 Å². The second-order valence-corrected chi connectivity index (χ2v) is 6.01. The third kappa shape index (κ3) is 2.66. The molecule has 6 nitrogen and oxygen atoms in total. The van der Waals surface area contributed by atoms with Crippen LogP contribution >= 0.6 is 0 Å². The van der Waals surface area contributed by atoms with E-state index in [2.05, 4.69) is 0 Å². The number of carboxylic acids is 1. The van der Waals surface area contributed by atoms with Crippen molar-refractivity contribution in [1.29, 1.82) is 0 Å². The first-order valence-electron chi connectivity index (χ1n) is 6.55. The summed E-state index contributed by atoms with van der Waals surface area (Å²) in [5, 5.41) is 18.7. The van der Waals surface area contributed by atoms with Crippen molar-refractivity contribution in [3.05, 3.63) is 0 Å². The van der Waals surface area contributed by atoms with Gasteiger partial charge in [-0.15, -0.1) is 0 Å². The van der Waals surface area contributed by atoms with E-state index in [0.717, 1.165) is 4.90 Å². The Morgan fingerprint density at radius 1 is 1.10 bits per heavy atom. The number of aliphatic carboxylic acids is 1. The third-order valence-electron chi connectivity index (χ3n) is 4.21. The number of carbonyl (C=O) groups excluding carboxylic acids is 1. The van der Waals surface area contributed by atoms with E-state index < -0.39 is 42.2 Å². The van der Waals surface area contributed by atoms with Gasteiger partial charge in [0.1, 0.15) is 0 Å². The fourth-order valence-electron chi connectivity index (χ4n) is 2.81. The number of carboxylic acid groups (broad SMARTS) is 1. The number of halogens is 3. The number of amides is 2. The maximum atomic E-state index is 13.0. The molecule has 2 atom stereocenters. The summed E-state index contributed by atoms with van der Waals surface area (Å²) >= 11 is 0. The van der Waals surface area contributed by atoms with Crippen LogP contribution in [-0.2, 0) is 4.79 Å². The normalized spacial score (nSPS) is 33.6. The van der Waals surface area contributed by atoms with Gasteiger partial charge in [0.25, 0.3) is 0 Å². The average Bonchev–Trinajstić information content (AvgIpc) is 2.91. The fourth-order valence-corrected chi connectivity index (χ4v) is 2.81. The second-order valence-electron chi connectivity index (χ2n) is 6.01. The molecule has 0 spiro atoms. The van der Waals surface area contributed by atoms with Gasteiger partial charge >= 0.3 is 18.2 Å². The number of urea groups is 1. The molecule has 0 aromatic rings. The zero-order valence-electron chi connectivity index (χ0n) is 11.5. The Hall–Kier alpha value is -1.51. The largest absolute Gasteiger partial charge is 0.481 e. The highest BCUT2D eigenvalue weighted by atomic mass is 19.4. The lowest BCUT2D eigenvalue weighted by atomic mass is 9.86. The number of β-amino-alcohol motifs (C(OH)–C–C–N with tert-alkyl or cyclic N) is 1. The highest BCUT2D eigenvalue weighted by Gasteiger charge is 2.64. The van der Waals surface area contributed by atoms with Crippen molar-refractivity contribution in [2.45, 2.75) is 31.5 Å². The summed E-state index contributed by atoms with van der Waals surface area (Å²) in [6.07, 6.45) is -5.22. The molecule has 0 aromatic heterocycles. The molecule has 2 aliphatic rings. The molecule has 2 amide bonds. The number of hydrogen-bond acceptors (Lipinski definition) is 3. The molecule has 2 N–H and O–H groups in total. The molecule has 0 bridgehead atoms. The van der Waals surface area contributed by atoms with Gasteiger partial charge in [-0.2, -0.15) is 13.2 Å². The first-order valence-corrected chi connectivity index (χ1v) is 6.55. The van der Waals surface area contributed by atoms with Crippen molar-refractivity contribution in [1.82, 2.24) is 9.80 Å². The predicted octanol–water partition coefficient (Wildman–Crippen LogP) is 0.902. The minimum Gasteiger partial charge on any atom is -0.481 e. The number of alkyl halides is 3. The topological polar surface area (TPSA) is 81.1 Å². The molecule has 2 unspecified atom stereocenters. The minimum absolute atomic E-state index is 0.0361. The standard InChI is InChI=1S/C12H17F3N2O4/c1-10(21)2-4-16(6-10)9(20)17-5-3-11(7-17,8(18)19)12(13,14)15/h21H,2-7H2,1H3,(H,18,19). The van der Waals surface area contributed by atoms with E-state index in [1.54, 1.807) is 6.92 Å². The number of rotatable bonds is 1. The molecule has 2 rings (SSSR count). The van der Waals surface area contributed by atoms with Crippen LogP contribution in [0.4, 0.5) is 18.0 Å². The molecule has 0 saturated carbocycles. The van der Waals surface area contributed by atoms with Crippen molar-refractivity contribution in [3.63, 3.8) is 0 Å². The maximum Gasteiger partial charge on any atom is 0.406 e. The maximum absolute atomic E-state index is 13.0. The van der Waals surface area contributed by atoms with Crippen molar-refractivity contribution < 1.29 is 33.0 Å². The van der Waals surface area contributed by atoms with Crippen LogP contribution in [0, 0.1) is 5.41 Å². The van der Waals surface area contributed by atoms with Gasteiger partial charge in [-0.3, -0.25) is 4.79 Å². The highest BCUT2D eigenvalue weighted by molar-refractivity contribution is 5.80. The Labute approximate surface area is 119 Å². The summed E-state index contributed by atoms with van der Waals surface area (Å²) in [6, 6.07) is -0.653. The molecule has 21 heavy (non-hydrogen) atoms. The van der Waals surface area contributed by atoms with E-state index >= 15 is 0 Å². The van der Waals surface area contributed by atoms with Gasteiger partial charge in [0.05, 0.1) is 12.1 Å². The Balaban J connectivity index is 2.11. The average molecular weight is 310 g/mol. The van der Waals surface area contributed by atoms with Crippen LogP contribution in [0.5, 0.6) is 0 Å². The van der Waals surface area contributed by atoms with Gasteiger partial charge in [0.2, 0.25) is 0 Å². The predicted molar refractivity (Wildman–Crippen MR) is 64.5 cm³/mol. The zero-order valence-corrected chi connectivity index (χ0v) is 11.5. The molecule has 0 radical (unpaired) electrons. The van der Waals surface area contributed by atoms with Crippen LogP contribution in [0.15, 0.2) is 0 Å². The number of likely N-dealkylation sites (tertiary alicyclic amines) is 2. The molecule has 0 aromatic carbocycles. The molecule has 2 fully saturated rings. The van der Waals surface area contributed by atoms with Crippen LogP contribution in [0.1, 0.15) is 19.8 Å². The number of nitrogens with zero attached hydrogens (tertiary/aromatic N) is 2. The fraction of sp³-hybridized carbons (Fsp3) is 0.833. The first-order chi connectivity index (χ1) is 9.48. The lowest BCUT2D eigenvalue weighted by molar-refractivity contribution is -0.227. The monoisotopic (exact) mass is 310 g/mol. The molecular formula is C12H17F3N2O4. The summed E-state index contributed by atoms with van der Waals surface area (Å²) in [7, 11) is 0. The first kappa shape index (κ1) is 15.9. The van der Waals surface area contributed by atoms with E-state index in [-0.39, 0.29) is 19.6 Å². The molecule has 2 saturated heterocycles. The van der Waals surface area contributed by atoms with E-state index in [9.17, 15) is 27.9 Å². The Kier molecular flexibility index (Phi) is 3.59. The molecule has 2 heterocycles. The summed E-state index contributed by atoms with van der Waals surface area (Å²) in [6.45, 7) is 0.678. The Morgan fingerprint density at radius 3 is 2.00 bits per heavy atom. The zero-order chi connectivity index (χ0) is 16.1. The van der Waals surface area contributed by atoms with Crippen molar-refractivity contribution >= 4 is 12.0 Å². The van der Waals surface area contributed by atoms with Crippen LogP contribution in [-0.4, -0.2) is 70.0 Å². The van der Waals surface area contributed by atoms with Gasteiger partial charge in [-0.1, -0.05) is 0 Å². The summed E-state index contributed by atoms with van der Waals surface area (Å²) in [5.41, 5.74) is -3.95. The lowest BCUT2D eigenvalue weighted by Gasteiger charge is -2.29. The third-order valence-corrected chi connectivity index (χ3v) is 4.21. The molecule has 0 aliphatic carbocycles. The van der Waals surface area contributed by atoms with Crippen LogP contribution in [0.2, 0.25) is 0 Å². The van der Waals surface area contributed by atoms with E-state index in [4.69, 9.17) is 5.11 Å². The molecule has 120 valence electrons. The number of aliphatic hydroxyl groups is 1. The Bertz CT molecular complexity index is 466. The van der Waals surface area contributed by atoms with Gasteiger partial charge in [-0.05, 0) is 19.8 Å². The van der Waals surface area contributed by atoms with Crippen molar-refractivity contribution in [2.24, 2.45) is 5.41 Å². The van der Waals surface area contributed by atoms with Gasteiger partial charge in [-0.25, -0.2) is 4.79 Å². The van der Waals surface area contributed by atoms with Crippen molar-refractivity contribution in [3.8, 4) is 0 Å². The van der Waals surface area contributed by atoms with Crippen LogP contribution in [0.25, 0.3) is 0 Å². The smallest absolute Gasteiger partial charge is 0.406 e. The summed E-state index contributed by atoms with van der Waals surface area (Å²) in [4.78, 5) is 25.4. The lowest BCUT2D eigenvalue weighted by Crippen LogP contribution is -2.49. The van der Waals surface area contributed by atoms with Crippen LogP contribution in [0.3, 0.4) is 0 Å². The summed E-state index contributed by atoms with van der Waals surface area (Å²) < 4.78 is 39.1. The quantitative estimate of drug-likeness (QED) is 0.754. The van der Waals surface area contributed by atoms with Gasteiger partial charge in [0, 0.05) is 19.6 Å². The molecule has 2 aliphatic heterocycles. The second kappa shape index (κ2) is 4.75. The van der Waals surface area contributed by atoms with E-state index in [1.165, 1.54) is 4.90 Å². The number of hydrogen-bond donors (Lipinski definition) is 2. The highest BCUT2D eigenvalue weighted by Crippen LogP contribution is 2.46. The summed E-state index contributed by atoms with van der Waals surface area (Å²) in [5.74, 6) is -1.96. The SMILES string of the molecule is CC1(O)CCN(C(=O)N2CCC(C(=O)O)(C(F)(F)F)C2)C1. The van der Waals surface area contributed by atoms with Gasteiger partial charge < -0.3 is 20.0 Å². The Morgan fingerprint density at radius 2 is 1.62 bits per heavy atom. The minimum atomic E-state index is -4.91. The van der Waals surface area contributed by atoms with E-state index in [1.807, 2.05) is 0 Å². The van der Waals surface area contributed by atoms with Crippen LogP contribution < -0.4 is 0 Å². The molecule has 9 heteroatoms. The van der Waals surface area contributed by atoms with E-state index in [0.29, 0.717) is 6.42 Å². The van der Waals surface area contributed by atoms with Gasteiger partial charge in [0.15, 0.2) is 5.41 Å². The number of carbonyl (C=O) groups is 2.